The van der Waals surface area contributed by atoms with Gasteiger partial charge in [0.1, 0.15) is 0 Å². The van der Waals surface area contributed by atoms with Gasteiger partial charge in [-0.3, -0.25) is 0 Å². The van der Waals surface area contributed by atoms with Crippen LogP contribution in [-0.4, -0.2) is 22.9 Å². The predicted octanol–water partition coefficient (Wildman–Crippen LogP) is 7.59. The molecule has 0 bridgehead atoms. The quantitative estimate of drug-likeness (QED) is 0.296. The van der Waals surface area contributed by atoms with Crippen molar-refractivity contribution >= 4 is 29.3 Å². The first-order valence-electron chi connectivity index (χ1n) is 10.4. The van der Waals surface area contributed by atoms with Crippen LogP contribution in [0.25, 0.3) is 10.9 Å². The number of aromatic nitrogens is 1. The average Bonchev–Trinajstić information content (AvgIpc) is 3.04. The molecule has 138 valence electrons. The maximum atomic E-state index is 4.74. The van der Waals surface area contributed by atoms with Crippen LogP contribution < -0.4 is 0 Å². The van der Waals surface area contributed by atoms with Crippen LogP contribution in [-0.2, 0) is 6.54 Å². The van der Waals surface area contributed by atoms with E-state index in [4.69, 9.17) is 6.58 Å². The molecule has 25 heavy (non-hydrogen) atoms. The average molecular weight is 446 g/mol. The molecule has 0 fully saturated rings. The third kappa shape index (κ3) is 5.39. The van der Waals surface area contributed by atoms with Gasteiger partial charge in [-0.05, 0) is 0 Å². The van der Waals surface area contributed by atoms with Gasteiger partial charge in [0.2, 0.25) is 0 Å². The Morgan fingerprint density at radius 3 is 2.00 bits per heavy atom. The van der Waals surface area contributed by atoms with Gasteiger partial charge >= 0.3 is 160 Å². The molecule has 1 aromatic heterocycles. The summed E-state index contributed by atoms with van der Waals surface area (Å²) in [6.07, 6.45) is 10.5. The first-order valence-corrected chi connectivity index (χ1v) is 17.9. The zero-order chi connectivity index (χ0) is 18.1. The fourth-order valence-corrected chi connectivity index (χ4v) is 19.5. The van der Waals surface area contributed by atoms with E-state index in [-0.39, 0.29) is 0 Å². The Labute approximate surface area is 159 Å². The van der Waals surface area contributed by atoms with E-state index in [1.54, 1.807) is 3.59 Å². The van der Waals surface area contributed by atoms with Crippen molar-refractivity contribution in [1.29, 1.82) is 0 Å². The number of unbranched alkanes of at least 4 members (excludes halogenated alkanes) is 3. The van der Waals surface area contributed by atoms with Crippen LogP contribution in [0.1, 0.15) is 59.3 Å². The fraction of sp³-hybridized carbons (Fsp3) is 0.565. The van der Waals surface area contributed by atoms with E-state index in [2.05, 4.69) is 61.9 Å². The summed E-state index contributed by atoms with van der Waals surface area (Å²) in [6.45, 7) is 12.8. The Morgan fingerprint density at radius 2 is 1.44 bits per heavy atom. The molecule has 0 radical (unpaired) electrons. The van der Waals surface area contributed by atoms with Gasteiger partial charge in [-0.2, -0.15) is 0 Å². The van der Waals surface area contributed by atoms with E-state index in [9.17, 15) is 0 Å². The molecule has 0 saturated carbocycles. The Kier molecular flexibility index (Phi) is 8.61. The molecule has 1 nitrogen and oxygen atoms in total. The summed E-state index contributed by atoms with van der Waals surface area (Å²) in [5.41, 5.74) is 1.37. The summed E-state index contributed by atoms with van der Waals surface area (Å²) in [7, 11) is 0. The number of rotatable bonds is 12. The molecule has 0 unspecified atom stereocenters. The van der Waals surface area contributed by atoms with Crippen LogP contribution in [0, 0.1) is 0 Å². The van der Waals surface area contributed by atoms with E-state index in [1.807, 2.05) is 0 Å². The molecule has 0 aliphatic heterocycles. The second-order valence-corrected chi connectivity index (χ2v) is 21.3. The van der Waals surface area contributed by atoms with E-state index in [1.165, 1.54) is 62.7 Å². The number of hydrogen-bond donors (Lipinski definition) is 0. The van der Waals surface area contributed by atoms with E-state index >= 15 is 0 Å². The van der Waals surface area contributed by atoms with Crippen LogP contribution in [0.3, 0.4) is 0 Å². The van der Waals surface area contributed by atoms with Crippen molar-refractivity contribution < 1.29 is 0 Å². The summed E-state index contributed by atoms with van der Waals surface area (Å²) in [6, 6.07) is 11.0. The van der Waals surface area contributed by atoms with Crippen molar-refractivity contribution in [2.24, 2.45) is 0 Å². The van der Waals surface area contributed by atoms with Crippen LogP contribution in [0.15, 0.2) is 46.7 Å². The molecule has 0 amide bonds. The zero-order valence-corrected chi connectivity index (χ0v) is 19.5. The van der Waals surface area contributed by atoms with Gasteiger partial charge in [-0.15, -0.1) is 0 Å². The van der Waals surface area contributed by atoms with Crippen molar-refractivity contribution in [1.82, 2.24) is 4.57 Å². The molecule has 2 aromatic rings. The summed E-state index contributed by atoms with van der Waals surface area (Å²) < 4.78 is 8.66. The van der Waals surface area contributed by atoms with E-state index in [0.29, 0.717) is 0 Å². The van der Waals surface area contributed by atoms with Gasteiger partial charge in [0.25, 0.3) is 0 Å². The van der Waals surface area contributed by atoms with Crippen molar-refractivity contribution in [3.8, 4) is 0 Å². The first kappa shape index (κ1) is 20.6. The molecule has 0 spiro atoms. The molecule has 1 heterocycles. The Morgan fingerprint density at radius 1 is 0.880 bits per heavy atom. The van der Waals surface area contributed by atoms with Crippen molar-refractivity contribution in [3.63, 3.8) is 0 Å². The topological polar surface area (TPSA) is 4.93 Å². The number of para-hydroxylation sites is 1. The van der Waals surface area contributed by atoms with Gasteiger partial charge < -0.3 is 0 Å². The molecular weight excluding hydrogens is 409 g/mol. The number of nitrogens with zero attached hydrogens (tertiary/aromatic N) is 1. The summed E-state index contributed by atoms with van der Waals surface area (Å²) in [4.78, 5) is 0. The monoisotopic (exact) mass is 447 g/mol. The van der Waals surface area contributed by atoms with Crippen molar-refractivity contribution in [2.45, 2.75) is 79.2 Å². The zero-order valence-electron chi connectivity index (χ0n) is 16.7. The third-order valence-electron chi connectivity index (χ3n) is 5.82. The summed E-state index contributed by atoms with van der Waals surface area (Å²) in [5, 5.41) is 1.35. The van der Waals surface area contributed by atoms with Gasteiger partial charge in [0.15, 0.2) is 0 Å². The van der Waals surface area contributed by atoms with Gasteiger partial charge in [-0.1, -0.05) is 0 Å². The molecule has 2 rings (SSSR count). The molecule has 2 heteroatoms. The standard InChI is InChI=1S/C11H10N.3C4H9.Sn/c1-2-8-12-9-7-10-5-3-4-6-11(10)12;3*1-3-4-2;/h3-7,9H,1,8H2;3*1,3-4H2,2H3;. The maximum absolute atomic E-state index is 4.74. The summed E-state index contributed by atoms with van der Waals surface area (Å²) >= 11 is -2.32. The van der Waals surface area contributed by atoms with Crippen molar-refractivity contribution in [2.75, 3.05) is 0 Å². The fourth-order valence-electron chi connectivity index (χ4n) is 4.10. The minimum atomic E-state index is -2.32. The van der Waals surface area contributed by atoms with Gasteiger partial charge in [0.05, 0.1) is 0 Å². The number of allylic oxidation sites excluding steroid dienone is 1. The molecule has 1 aromatic carbocycles. The number of benzene rings is 1. The Balaban J connectivity index is 2.25. The number of hydrogen-bond acceptors (Lipinski definition) is 0. The normalized spacial score (nSPS) is 12.0. The molecule has 0 N–H and O–H groups in total. The van der Waals surface area contributed by atoms with Crippen LogP contribution in [0.2, 0.25) is 13.3 Å². The van der Waals surface area contributed by atoms with Crippen molar-refractivity contribution in [3.05, 3.63) is 46.7 Å². The molecule has 0 atom stereocenters. The Bertz CT molecular complexity index is 633. The van der Waals surface area contributed by atoms with Gasteiger partial charge in [0, 0.05) is 0 Å². The number of fused-ring (bicyclic) bond motifs is 1. The van der Waals surface area contributed by atoms with Gasteiger partial charge in [-0.25, -0.2) is 0 Å². The Hall–Kier alpha value is -0.701. The molecule has 0 aliphatic rings. The minimum absolute atomic E-state index is 1.06. The first-order chi connectivity index (χ1) is 12.2. The second kappa shape index (κ2) is 10.4. The predicted molar refractivity (Wildman–Crippen MR) is 116 cm³/mol. The molecule has 0 aliphatic carbocycles. The SMILES string of the molecule is C=[C](Cn1ccc2ccccc21)[Sn]([CH2]CCC)([CH2]CCC)[CH2]CCC. The van der Waals surface area contributed by atoms with E-state index < -0.39 is 18.4 Å². The van der Waals surface area contributed by atoms with Crippen LogP contribution >= 0.6 is 0 Å². The van der Waals surface area contributed by atoms with E-state index in [0.717, 1.165) is 6.54 Å². The van der Waals surface area contributed by atoms with Crippen LogP contribution in [0.5, 0.6) is 0 Å². The third-order valence-corrected chi connectivity index (χ3v) is 21.8. The summed E-state index contributed by atoms with van der Waals surface area (Å²) in [5.74, 6) is 0. The second-order valence-electron chi connectivity index (χ2n) is 7.70. The molecular formula is C23H37NSn. The molecule has 0 saturated heterocycles. The van der Waals surface area contributed by atoms with Crippen LogP contribution in [0.4, 0.5) is 0 Å².